The van der Waals surface area contributed by atoms with E-state index in [-0.39, 0.29) is 18.1 Å². The number of halogens is 1. The third-order valence-corrected chi connectivity index (χ3v) is 2.39. The van der Waals surface area contributed by atoms with Crippen molar-refractivity contribution in [3.63, 3.8) is 0 Å². The van der Waals surface area contributed by atoms with Crippen LogP contribution in [0.1, 0.15) is 5.56 Å². The maximum absolute atomic E-state index is 10.5. The van der Waals surface area contributed by atoms with Crippen LogP contribution in [0.15, 0.2) is 42.6 Å². The third kappa shape index (κ3) is 3.90. The van der Waals surface area contributed by atoms with Gasteiger partial charge in [-0.3, -0.25) is 10.1 Å². The molecule has 1 aromatic heterocycles. The molecule has 0 fully saturated rings. The molecule has 0 spiro atoms. The van der Waals surface area contributed by atoms with E-state index in [0.717, 1.165) is 11.3 Å². The molecule has 3 N–H and O–H groups in total. The predicted octanol–water partition coefficient (Wildman–Crippen LogP) is 2.61. The minimum atomic E-state index is -0.480. The van der Waals surface area contributed by atoms with E-state index in [1.807, 2.05) is 24.3 Å². The summed E-state index contributed by atoms with van der Waals surface area (Å²) in [7, 11) is 0. The summed E-state index contributed by atoms with van der Waals surface area (Å²) in [5.74, 6) is 0.551. The number of aromatic nitrogens is 1. The summed E-state index contributed by atoms with van der Waals surface area (Å²) in [6.07, 6.45) is 1.22. The van der Waals surface area contributed by atoms with Crippen LogP contribution in [0.25, 0.3) is 0 Å². The van der Waals surface area contributed by atoms with Crippen molar-refractivity contribution >= 4 is 29.6 Å². The van der Waals surface area contributed by atoms with Crippen LogP contribution in [-0.2, 0) is 6.54 Å². The van der Waals surface area contributed by atoms with Gasteiger partial charge < -0.3 is 11.1 Å². The van der Waals surface area contributed by atoms with Crippen LogP contribution in [0.3, 0.4) is 0 Å². The van der Waals surface area contributed by atoms with Gasteiger partial charge >= 0.3 is 0 Å². The number of anilines is 2. The van der Waals surface area contributed by atoms with Gasteiger partial charge in [0.2, 0.25) is 0 Å². The highest BCUT2D eigenvalue weighted by molar-refractivity contribution is 5.85. The van der Waals surface area contributed by atoms with Crippen LogP contribution in [-0.4, -0.2) is 9.91 Å². The Hall–Kier alpha value is -2.18. The number of nitrogens with two attached hydrogens (primary N) is 1. The average molecular weight is 281 g/mol. The lowest BCUT2D eigenvalue weighted by atomic mass is 10.2. The first-order valence-electron chi connectivity index (χ1n) is 5.35. The smallest absolute Gasteiger partial charge is 0.287 e. The Balaban J connectivity index is 0.00000180. The summed E-state index contributed by atoms with van der Waals surface area (Å²) in [5.41, 5.74) is 7.36. The first-order chi connectivity index (χ1) is 8.69. The van der Waals surface area contributed by atoms with Crippen molar-refractivity contribution in [2.45, 2.75) is 6.54 Å². The Labute approximate surface area is 116 Å². The van der Waals surface area contributed by atoms with E-state index in [0.29, 0.717) is 12.4 Å². The van der Waals surface area contributed by atoms with Gasteiger partial charge in [0.25, 0.3) is 5.69 Å². The highest BCUT2D eigenvalue weighted by Gasteiger charge is 2.05. The van der Waals surface area contributed by atoms with Gasteiger partial charge in [-0.2, -0.15) is 0 Å². The van der Waals surface area contributed by atoms with Crippen molar-refractivity contribution in [1.82, 2.24) is 4.98 Å². The molecule has 2 aromatic rings. The van der Waals surface area contributed by atoms with Gasteiger partial charge in [0, 0.05) is 18.3 Å². The van der Waals surface area contributed by atoms with Crippen molar-refractivity contribution < 1.29 is 4.92 Å². The van der Waals surface area contributed by atoms with Crippen molar-refractivity contribution in [1.29, 1.82) is 0 Å². The van der Waals surface area contributed by atoms with Crippen LogP contribution in [0.4, 0.5) is 17.2 Å². The standard InChI is InChI=1S/C12H12N4O2.ClH/c13-7-9-2-1-3-10(6-9)15-12-5-4-11(8-14-12)16(17)18;/h1-6,8H,7,13H2,(H,14,15);1H. The fraction of sp³-hybridized carbons (Fsp3) is 0.0833. The summed E-state index contributed by atoms with van der Waals surface area (Å²) in [6, 6.07) is 10.6. The summed E-state index contributed by atoms with van der Waals surface area (Å²) >= 11 is 0. The molecule has 19 heavy (non-hydrogen) atoms. The Kier molecular flexibility index (Phi) is 5.23. The highest BCUT2D eigenvalue weighted by atomic mass is 35.5. The lowest BCUT2D eigenvalue weighted by Gasteiger charge is -2.06. The van der Waals surface area contributed by atoms with Crippen molar-refractivity contribution in [2.24, 2.45) is 5.73 Å². The first kappa shape index (κ1) is 14.9. The summed E-state index contributed by atoms with van der Waals surface area (Å²) in [4.78, 5) is 14.0. The number of rotatable bonds is 4. The SMILES string of the molecule is Cl.NCc1cccc(Nc2ccc([N+](=O)[O-])cn2)c1. The van der Waals surface area contributed by atoms with Crippen LogP contribution in [0.2, 0.25) is 0 Å². The fourth-order valence-corrected chi connectivity index (χ4v) is 1.49. The number of hydrogen-bond acceptors (Lipinski definition) is 5. The normalized spacial score (nSPS) is 9.53. The minimum Gasteiger partial charge on any atom is -0.340 e. The van der Waals surface area contributed by atoms with Crippen molar-refractivity contribution in [2.75, 3.05) is 5.32 Å². The quantitative estimate of drug-likeness (QED) is 0.663. The molecule has 2 rings (SSSR count). The monoisotopic (exact) mass is 280 g/mol. The number of nitrogens with zero attached hydrogens (tertiary/aromatic N) is 2. The molecular weight excluding hydrogens is 268 g/mol. The van der Waals surface area contributed by atoms with Gasteiger partial charge in [-0.05, 0) is 23.8 Å². The van der Waals surface area contributed by atoms with Crippen LogP contribution in [0, 0.1) is 10.1 Å². The Morgan fingerprint density at radius 1 is 1.32 bits per heavy atom. The Morgan fingerprint density at radius 3 is 2.68 bits per heavy atom. The van der Waals surface area contributed by atoms with Crippen LogP contribution in [0.5, 0.6) is 0 Å². The third-order valence-electron chi connectivity index (χ3n) is 2.39. The highest BCUT2D eigenvalue weighted by Crippen LogP contribution is 2.18. The molecule has 0 aliphatic carbocycles. The molecule has 1 heterocycles. The second-order valence-corrected chi connectivity index (χ2v) is 3.69. The van der Waals surface area contributed by atoms with Gasteiger partial charge in [0.05, 0.1) is 4.92 Å². The Morgan fingerprint density at radius 2 is 2.11 bits per heavy atom. The van der Waals surface area contributed by atoms with Crippen LogP contribution < -0.4 is 11.1 Å². The molecule has 0 amide bonds. The largest absolute Gasteiger partial charge is 0.340 e. The molecule has 0 saturated carbocycles. The molecule has 0 aliphatic heterocycles. The molecule has 6 nitrogen and oxygen atoms in total. The average Bonchev–Trinajstić information content (AvgIpc) is 2.39. The first-order valence-corrected chi connectivity index (χ1v) is 5.35. The number of benzene rings is 1. The zero-order valence-electron chi connectivity index (χ0n) is 9.95. The van der Waals surface area contributed by atoms with E-state index >= 15 is 0 Å². The second-order valence-electron chi connectivity index (χ2n) is 3.69. The van der Waals surface area contributed by atoms with E-state index in [1.54, 1.807) is 6.07 Å². The van der Waals surface area contributed by atoms with E-state index in [2.05, 4.69) is 10.3 Å². The molecule has 0 atom stereocenters. The molecule has 100 valence electrons. The molecule has 0 bridgehead atoms. The molecule has 0 unspecified atom stereocenters. The molecule has 0 radical (unpaired) electrons. The fourth-order valence-electron chi connectivity index (χ4n) is 1.49. The number of nitro groups is 1. The van der Waals surface area contributed by atoms with Crippen molar-refractivity contribution in [3.8, 4) is 0 Å². The topological polar surface area (TPSA) is 94.1 Å². The van der Waals surface area contributed by atoms with Gasteiger partial charge in [-0.15, -0.1) is 12.4 Å². The van der Waals surface area contributed by atoms with Gasteiger partial charge in [0.15, 0.2) is 0 Å². The zero-order chi connectivity index (χ0) is 13.0. The lowest BCUT2D eigenvalue weighted by Crippen LogP contribution is -1.98. The van der Waals surface area contributed by atoms with Crippen molar-refractivity contribution in [3.05, 3.63) is 58.3 Å². The van der Waals surface area contributed by atoms with E-state index in [4.69, 9.17) is 5.73 Å². The number of nitrogens with one attached hydrogen (secondary N) is 1. The van der Waals surface area contributed by atoms with Crippen LogP contribution >= 0.6 is 12.4 Å². The maximum Gasteiger partial charge on any atom is 0.287 e. The zero-order valence-corrected chi connectivity index (χ0v) is 10.8. The molecule has 7 heteroatoms. The molecular formula is C12H13ClN4O2. The van der Waals surface area contributed by atoms with E-state index in [1.165, 1.54) is 12.3 Å². The van der Waals surface area contributed by atoms with Gasteiger partial charge in [-0.25, -0.2) is 4.98 Å². The summed E-state index contributed by atoms with van der Waals surface area (Å²) in [5, 5.41) is 13.5. The maximum atomic E-state index is 10.5. The second kappa shape index (κ2) is 6.67. The minimum absolute atomic E-state index is 0. The summed E-state index contributed by atoms with van der Waals surface area (Å²) in [6.45, 7) is 0.462. The lowest BCUT2D eigenvalue weighted by molar-refractivity contribution is -0.385. The molecule has 1 aromatic carbocycles. The number of pyridine rings is 1. The molecule has 0 aliphatic rings. The Bertz CT molecular complexity index is 560. The van der Waals surface area contributed by atoms with E-state index < -0.39 is 4.92 Å². The summed E-state index contributed by atoms with van der Waals surface area (Å²) < 4.78 is 0. The van der Waals surface area contributed by atoms with E-state index in [9.17, 15) is 10.1 Å². The number of hydrogen-bond donors (Lipinski definition) is 2. The molecule has 0 saturated heterocycles. The van der Waals surface area contributed by atoms with Gasteiger partial charge in [0.1, 0.15) is 12.0 Å². The van der Waals surface area contributed by atoms with Gasteiger partial charge in [-0.1, -0.05) is 12.1 Å². The predicted molar refractivity (Wildman–Crippen MR) is 75.8 cm³/mol.